The second-order valence-electron chi connectivity index (χ2n) is 3.58. The second-order valence-corrected chi connectivity index (χ2v) is 4.44. The fourth-order valence-corrected chi connectivity index (χ4v) is 2.03. The van der Waals surface area contributed by atoms with Gasteiger partial charge in [0.25, 0.3) is 11.8 Å². The first-order valence-corrected chi connectivity index (χ1v) is 5.98. The zero-order chi connectivity index (χ0) is 13.1. The van der Waals surface area contributed by atoms with Crippen LogP contribution in [0.4, 0.5) is 0 Å². The van der Waals surface area contributed by atoms with E-state index in [4.69, 9.17) is 0 Å². The highest BCUT2D eigenvalue weighted by atomic mass is 32.1. The Kier molecular flexibility index (Phi) is 3.38. The fourth-order valence-electron chi connectivity index (χ4n) is 1.34. The number of aromatic amines is 1. The van der Waals surface area contributed by atoms with Gasteiger partial charge < -0.3 is 0 Å². The lowest BCUT2D eigenvalue weighted by Gasteiger charge is -2.05. The number of thiazole rings is 1. The zero-order valence-electron chi connectivity index (χ0n) is 9.77. The number of rotatable bonds is 2. The molecule has 94 valence electrons. The van der Waals surface area contributed by atoms with Crippen LogP contribution in [0.25, 0.3) is 0 Å². The third-order valence-corrected chi connectivity index (χ3v) is 3.24. The molecule has 18 heavy (non-hydrogen) atoms. The molecule has 0 saturated carbocycles. The zero-order valence-corrected chi connectivity index (χ0v) is 10.6. The maximum Gasteiger partial charge on any atom is 0.281 e. The summed E-state index contributed by atoms with van der Waals surface area (Å²) in [4.78, 5) is 27.8. The molecule has 0 aliphatic carbocycles. The molecule has 2 heterocycles. The molecular formula is C10H11N5O2S. The monoisotopic (exact) mass is 265 g/mol. The summed E-state index contributed by atoms with van der Waals surface area (Å²) < 4.78 is 0. The average molecular weight is 265 g/mol. The Hall–Kier alpha value is -2.22. The van der Waals surface area contributed by atoms with Gasteiger partial charge in [0.05, 0.1) is 23.0 Å². The van der Waals surface area contributed by atoms with Gasteiger partial charge in [0, 0.05) is 5.69 Å². The highest BCUT2D eigenvalue weighted by Gasteiger charge is 2.14. The summed E-state index contributed by atoms with van der Waals surface area (Å²) in [5.74, 6) is -0.804. The van der Waals surface area contributed by atoms with Crippen LogP contribution >= 0.6 is 11.3 Å². The molecule has 0 unspecified atom stereocenters. The number of carbonyl (C=O) groups is 2. The molecule has 0 atom stereocenters. The van der Waals surface area contributed by atoms with Gasteiger partial charge in [0.15, 0.2) is 0 Å². The maximum atomic E-state index is 11.7. The number of aromatic nitrogens is 3. The maximum absolute atomic E-state index is 11.7. The number of amides is 2. The SMILES string of the molecule is Cc1ncsc1C(=O)NNC(=O)c1cn[nH]c1C. The number of nitrogens with one attached hydrogen (secondary N) is 3. The summed E-state index contributed by atoms with van der Waals surface area (Å²) in [5, 5.41) is 6.37. The number of nitrogens with zero attached hydrogens (tertiary/aromatic N) is 2. The van der Waals surface area contributed by atoms with E-state index in [1.165, 1.54) is 17.5 Å². The number of hydrazine groups is 1. The van der Waals surface area contributed by atoms with Crippen LogP contribution in [0.1, 0.15) is 31.4 Å². The van der Waals surface area contributed by atoms with Gasteiger partial charge in [-0.25, -0.2) is 4.98 Å². The smallest absolute Gasteiger partial charge is 0.281 e. The van der Waals surface area contributed by atoms with Crippen molar-refractivity contribution in [1.29, 1.82) is 0 Å². The van der Waals surface area contributed by atoms with Crippen LogP contribution in [0, 0.1) is 13.8 Å². The van der Waals surface area contributed by atoms with Crippen LogP contribution in [0.2, 0.25) is 0 Å². The highest BCUT2D eigenvalue weighted by molar-refractivity contribution is 7.11. The van der Waals surface area contributed by atoms with Crippen LogP contribution in [0.15, 0.2) is 11.7 Å². The molecule has 0 bridgehead atoms. The van der Waals surface area contributed by atoms with Crippen molar-refractivity contribution in [2.24, 2.45) is 0 Å². The largest absolute Gasteiger partial charge is 0.282 e. The summed E-state index contributed by atoms with van der Waals surface area (Å²) in [6, 6.07) is 0. The van der Waals surface area contributed by atoms with Crippen molar-refractivity contribution in [2.45, 2.75) is 13.8 Å². The van der Waals surface area contributed by atoms with Gasteiger partial charge in [-0.15, -0.1) is 11.3 Å². The molecule has 0 aliphatic rings. The van der Waals surface area contributed by atoms with Crippen molar-refractivity contribution >= 4 is 23.2 Å². The number of H-pyrrole nitrogens is 1. The third kappa shape index (κ3) is 2.38. The summed E-state index contributed by atoms with van der Waals surface area (Å²) in [5.41, 5.74) is 7.88. The van der Waals surface area contributed by atoms with Gasteiger partial charge in [-0.2, -0.15) is 5.10 Å². The molecule has 2 amide bonds. The van der Waals surface area contributed by atoms with Crippen molar-refractivity contribution in [3.8, 4) is 0 Å². The van der Waals surface area contributed by atoms with E-state index in [2.05, 4.69) is 26.0 Å². The molecule has 0 radical (unpaired) electrons. The highest BCUT2D eigenvalue weighted by Crippen LogP contribution is 2.11. The number of carbonyl (C=O) groups excluding carboxylic acids is 2. The van der Waals surface area contributed by atoms with Crippen molar-refractivity contribution in [3.05, 3.63) is 33.5 Å². The normalized spacial score (nSPS) is 10.1. The van der Waals surface area contributed by atoms with Crippen molar-refractivity contribution in [2.75, 3.05) is 0 Å². The van der Waals surface area contributed by atoms with E-state index in [-0.39, 0.29) is 5.91 Å². The molecule has 0 spiro atoms. The molecule has 3 N–H and O–H groups in total. The molecule has 0 saturated heterocycles. The van der Waals surface area contributed by atoms with E-state index in [0.29, 0.717) is 21.8 Å². The topological polar surface area (TPSA) is 99.8 Å². The Morgan fingerprint density at radius 1 is 1.28 bits per heavy atom. The molecular weight excluding hydrogens is 254 g/mol. The first-order chi connectivity index (χ1) is 8.59. The van der Waals surface area contributed by atoms with E-state index in [1.807, 2.05) is 0 Å². The number of aryl methyl sites for hydroxylation is 2. The molecule has 7 nitrogen and oxygen atoms in total. The van der Waals surface area contributed by atoms with Crippen molar-refractivity contribution < 1.29 is 9.59 Å². The van der Waals surface area contributed by atoms with Crippen LogP contribution in [0.3, 0.4) is 0 Å². The van der Waals surface area contributed by atoms with Crippen LogP contribution in [0.5, 0.6) is 0 Å². The van der Waals surface area contributed by atoms with Crippen LogP contribution in [-0.2, 0) is 0 Å². The van der Waals surface area contributed by atoms with E-state index in [0.717, 1.165) is 0 Å². The quantitative estimate of drug-likeness (QED) is 0.691. The minimum Gasteiger partial charge on any atom is -0.282 e. The van der Waals surface area contributed by atoms with E-state index >= 15 is 0 Å². The molecule has 2 rings (SSSR count). The minimum absolute atomic E-state index is 0.385. The minimum atomic E-state index is -0.420. The molecule has 8 heteroatoms. The predicted molar refractivity (Wildman–Crippen MR) is 65.1 cm³/mol. The van der Waals surface area contributed by atoms with Gasteiger partial charge in [-0.05, 0) is 13.8 Å². The Labute approximate surface area is 107 Å². The van der Waals surface area contributed by atoms with E-state index in [1.54, 1.807) is 19.4 Å². The molecule has 2 aromatic rings. The third-order valence-electron chi connectivity index (χ3n) is 2.32. The predicted octanol–water partition coefficient (Wildman–Crippen LogP) is 0.558. The van der Waals surface area contributed by atoms with E-state index < -0.39 is 5.91 Å². The first kappa shape index (κ1) is 12.2. The fraction of sp³-hybridized carbons (Fsp3) is 0.200. The standard InChI is InChI=1S/C10H11N5O2S/c1-5-7(3-12-13-5)9(16)14-15-10(17)8-6(2)11-4-18-8/h3-4H,1-2H3,(H,12,13)(H,14,16)(H,15,17). The van der Waals surface area contributed by atoms with Gasteiger partial charge in [0.1, 0.15) is 4.88 Å². The average Bonchev–Trinajstić information content (AvgIpc) is 2.94. The van der Waals surface area contributed by atoms with Crippen LogP contribution < -0.4 is 10.9 Å². The van der Waals surface area contributed by atoms with Gasteiger partial charge >= 0.3 is 0 Å². The lowest BCUT2D eigenvalue weighted by Crippen LogP contribution is -2.41. The Bertz CT molecular complexity index is 536. The van der Waals surface area contributed by atoms with Crippen molar-refractivity contribution in [3.63, 3.8) is 0 Å². The van der Waals surface area contributed by atoms with Crippen molar-refractivity contribution in [1.82, 2.24) is 26.0 Å². The summed E-state index contributed by atoms with van der Waals surface area (Å²) >= 11 is 1.22. The molecule has 2 aromatic heterocycles. The van der Waals surface area contributed by atoms with Gasteiger partial charge in [-0.3, -0.25) is 25.5 Å². The molecule has 0 aromatic carbocycles. The molecule has 0 aliphatic heterocycles. The Morgan fingerprint density at radius 3 is 2.56 bits per heavy atom. The lowest BCUT2D eigenvalue weighted by atomic mass is 10.2. The number of hydrogen-bond donors (Lipinski definition) is 3. The summed E-state index contributed by atoms with van der Waals surface area (Å²) in [6.45, 7) is 3.45. The Balaban J connectivity index is 1.97. The second kappa shape index (κ2) is 4.96. The van der Waals surface area contributed by atoms with Gasteiger partial charge in [0.2, 0.25) is 0 Å². The first-order valence-electron chi connectivity index (χ1n) is 5.10. The lowest BCUT2D eigenvalue weighted by molar-refractivity contribution is 0.0848. The summed E-state index contributed by atoms with van der Waals surface area (Å²) in [7, 11) is 0. The van der Waals surface area contributed by atoms with E-state index in [9.17, 15) is 9.59 Å². The molecule has 0 fully saturated rings. The number of hydrogen-bond acceptors (Lipinski definition) is 5. The van der Waals surface area contributed by atoms with Crippen LogP contribution in [-0.4, -0.2) is 27.0 Å². The summed E-state index contributed by atoms with van der Waals surface area (Å²) in [6.07, 6.45) is 1.40. The van der Waals surface area contributed by atoms with Gasteiger partial charge in [-0.1, -0.05) is 0 Å². The Morgan fingerprint density at radius 2 is 2.00 bits per heavy atom.